The number of carbonyl (C=O) groups is 2. The van der Waals surface area contributed by atoms with Gasteiger partial charge in [-0.15, -0.1) is 6.42 Å². The molecule has 4 aromatic rings. The van der Waals surface area contributed by atoms with E-state index in [1.165, 1.54) is 37.4 Å². The molecule has 2 bridgehead atoms. The van der Waals surface area contributed by atoms with Gasteiger partial charge in [0.1, 0.15) is 41.4 Å². The number of terminal acetylenes is 1. The van der Waals surface area contributed by atoms with E-state index in [1.807, 2.05) is 11.8 Å². The fourth-order valence-electron chi connectivity index (χ4n) is 8.97. The number of phenols is 1. The summed E-state index contributed by atoms with van der Waals surface area (Å²) in [4.78, 5) is 45.7. The van der Waals surface area contributed by atoms with E-state index in [1.54, 1.807) is 18.7 Å². The number of rotatable bonds is 9. The molecule has 4 saturated heterocycles. The molecule has 300 valence electrons. The van der Waals surface area contributed by atoms with Crippen LogP contribution in [0.3, 0.4) is 0 Å². The SMILES string of the molecule is C#Cc1c(F)ccc2cc(O)cc(-c3ncc4c(N5CC6CCC(C5)N6C(=O)OC(C)OC(=O)C(C)(C)CC)nc(OC[C@@]56CCCN5C[C@H](F)C6)nc4c3F)c12. The number of piperazine rings is 1. The van der Waals surface area contributed by atoms with E-state index in [0.29, 0.717) is 56.5 Å². The first-order chi connectivity index (χ1) is 27.2. The van der Waals surface area contributed by atoms with Gasteiger partial charge in [0.05, 0.1) is 34.0 Å². The Bertz CT molecular complexity index is 2310. The molecule has 2 aromatic heterocycles. The molecular formula is C42H45F3N6O6. The Morgan fingerprint density at radius 3 is 2.60 bits per heavy atom. The zero-order valence-corrected chi connectivity index (χ0v) is 32.4. The highest BCUT2D eigenvalue weighted by molar-refractivity contribution is 6.03. The van der Waals surface area contributed by atoms with E-state index >= 15 is 4.39 Å². The monoisotopic (exact) mass is 786 g/mol. The van der Waals surface area contributed by atoms with Gasteiger partial charge in [-0.05, 0) is 76.1 Å². The van der Waals surface area contributed by atoms with Gasteiger partial charge in [0.15, 0.2) is 5.82 Å². The number of hydrogen-bond acceptors (Lipinski definition) is 11. The molecule has 5 atom stereocenters. The zero-order chi connectivity index (χ0) is 40.4. The summed E-state index contributed by atoms with van der Waals surface area (Å²) in [6.45, 7) is 8.70. The summed E-state index contributed by atoms with van der Waals surface area (Å²) in [5.41, 5.74) is -1.65. The number of hydrogen-bond donors (Lipinski definition) is 1. The summed E-state index contributed by atoms with van der Waals surface area (Å²) in [6.07, 6.45) is 8.29. The summed E-state index contributed by atoms with van der Waals surface area (Å²) in [5.74, 6) is 0.461. The smallest absolute Gasteiger partial charge is 0.413 e. The fraction of sp³-hybridized carbons (Fsp3) is 0.500. The van der Waals surface area contributed by atoms with E-state index in [2.05, 4.69) is 20.8 Å². The van der Waals surface area contributed by atoms with Crippen molar-refractivity contribution in [1.29, 1.82) is 0 Å². The molecule has 0 spiro atoms. The maximum absolute atomic E-state index is 17.1. The first kappa shape index (κ1) is 38.5. The summed E-state index contributed by atoms with van der Waals surface area (Å²) in [6, 6.07) is 4.59. The van der Waals surface area contributed by atoms with Crippen molar-refractivity contribution >= 4 is 39.6 Å². The quantitative estimate of drug-likeness (QED) is 0.108. The predicted octanol–water partition coefficient (Wildman–Crippen LogP) is 6.88. The molecule has 3 unspecified atom stereocenters. The number of amides is 1. The van der Waals surface area contributed by atoms with Crippen molar-refractivity contribution in [1.82, 2.24) is 24.8 Å². The van der Waals surface area contributed by atoms with Crippen LogP contribution in [0.5, 0.6) is 11.8 Å². The van der Waals surface area contributed by atoms with Crippen LogP contribution in [0.25, 0.3) is 32.9 Å². The lowest BCUT2D eigenvalue weighted by Gasteiger charge is -2.41. The summed E-state index contributed by atoms with van der Waals surface area (Å²) >= 11 is 0. The van der Waals surface area contributed by atoms with Crippen LogP contribution in [0, 0.1) is 29.4 Å². The van der Waals surface area contributed by atoms with E-state index in [0.717, 1.165) is 19.4 Å². The lowest BCUT2D eigenvalue weighted by Crippen LogP contribution is -2.56. The van der Waals surface area contributed by atoms with Crippen LogP contribution >= 0.6 is 0 Å². The van der Waals surface area contributed by atoms with Gasteiger partial charge in [0, 0.05) is 50.1 Å². The second-order valence-corrected chi connectivity index (χ2v) is 16.3. The maximum atomic E-state index is 17.1. The number of anilines is 1. The van der Waals surface area contributed by atoms with E-state index in [9.17, 15) is 23.5 Å². The van der Waals surface area contributed by atoms with Crippen LogP contribution in [-0.4, -0.2) is 105 Å². The molecule has 0 saturated carbocycles. The number of nitrogens with zero attached hydrogens (tertiary/aromatic N) is 6. The number of alkyl halides is 1. The molecule has 15 heteroatoms. The third-order valence-electron chi connectivity index (χ3n) is 12.3. The van der Waals surface area contributed by atoms with Crippen molar-refractivity contribution in [3.63, 3.8) is 0 Å². The van der Waals surface area contributed by atoms with E-state index < -0.39 is 47.1 Å². The minimum Gasteiger partial charge on any atom is -0.508 e. The van der Waals surface area contributed by atoms with Crippen molar-refractivity contribution in [2.24, 2.45) is 5.41 Å². The highest BCUT2D eigenvalue weighted by atomic mass is 19.1. The minimum atomic E-state index is -1.10. The third kappa shape index (κ3) is 6.81. The number of aromatic hydroxyl groups is 1. The van der Waals surface area contributed by atoms with Gasteiger partial charge in [-0.1, -0.05) is 18.9 Å². The largest absolute Gasteiger partial charge is 0.508 e. The number of fused-ring (bicyclic) bond motifs is 5. The van der Waals surface area contributed by atoms with Crippen molar-refractivity contribution in [3.05, 3.63) is 47.7 Å². The Kier molecular flexibility index (Phi) is 9.82. The highest BCUT2D eigenvalue weighted by Crippen LogP contribution is 2.43. The second-order valence-electron chi connectivity index (χ2n) is 16.3. The molecule has 2 aromatic carbocycles. The number of aromatic nitrogens is 3. The van der Waals surface area contributed by atoms with Crippen molar-refractivity contribution in [2.75, 3.05) is 37.7 Å². The number of benzene rings is 2. The Morgan fingerprint density at radius 2 is 1.88 bits per heavy atom. The van der Waals surface area contributed by atoms with Crippen LogP contribution in [-0.2, 0) is 14.3 Å². The number of halogens is 3. The van der Waals surface area contributed by atoms with Gasteiger partial charge in [0.25, 0.3) is 0 Å². The van der Waals surface area contributed by atoms with E-state index in [-0.39, 0.29) is 63.6 Å². The predicted molar refractivity (Wildman–Crippen MR) is 205 cm³/mol. The number of ether oxygens (including phenoxy) is 3. The molecule has 12 nitrogen and oxygen atoms in total. The van der Waals surface area contributed by atoms with Gasteiger partial charge in [-0.25, -0.2) is 18.0 Å². The molecule has 1 amide bonds. The minimum absolute atomic E-state index is 0.0725. The molecule has 8 rings (SSSR count). The molecule has 4 fully saturated rings. The van der Waals surface area contributed by atoms with Crippen LogP contribution in [0.4, 0.5) is 23.8 Å². The van der Waals surface area contributed by atoms with Crippen LogP contribution in [0.1, 0.15) is 71.8 Å². The third-order valence-corrected chi connectivity index (χ3v) is 12.3. The lowest BCUT2D eigenvalue weighted by molar-refractivity contribution is -0.177. The first-order valence-corrected chi connectivity index (χ1v) is 19.5. The molecule has 6 heterocycles. The molecule has 1 N–H and O–H groups in total. The Hall–Kier alpha value is -5.36. The van der Waals surface area contributed by atoms with Crippen LogP contribution < -0.4 is 9.64 Å². The fourth-order valence-corrected chi connectivity index (χ4v) is 8.97. The van der Waals surface area contributed by atoms with Gasteiger partial charge in [0.2, 0.25) is 6.29 Å². The van der Waals surface area contributed by atoms with Gasteiger partial charge >= 0.3 is 18.1 Å². The molecule has 57 heavy (non-hydrogen) atoms. The number of carbonyl (C=O) groups excluding carboxylic acids is 2. The Labute approximate surface area is 328 Å². The van der Waals surface area contributed by atoms with Gasteiger partial charge in [-0.2, -0.15) is 9.97 Å². The molecule has 4 aliphatic heterocycles. The van der Waals surface area contributed by atoms with Crippen molar-refractivity contribution in [2.45, 2.75) is 96.3 Å². The number of phenolic OH excluding ortho intramolecular Hbond substituents is 1. The summed E-state index contributed by atoms with van der Waals surface area (Å²) < 4.78 is 64.1. The molecule has 0 radical (unpaired) electrons. The van der Waals surface area contributed by atoms with Crippen LogP contribution in [0.15, 0.2) is 30.5 Å². The summed E-state index contributed by atoms with van der Waals surface area (Å²) in [5, 5.41) is 11.5. The maximum Gasteiger partial charge on any atom is 0.413 e. The van der Waals surface area contributed by atoms with Crippen molar-refractivity contribution in [3.8, 4) is 35.4 Å². The van der Waals surface area contributed by atoms with E-state index in [4.69, 9.17) is 25.6 Å². The Morgan fingerprint density at radius 1 is 1.12 bits per heavy atom. The standard InChI is InChI=1S/C42H45F3N6O6/c1-6-29-32(44)12-9-24-15-28(52)16-30(33(24)29)35-34(45)36-31(18-46-35)37(48-39(47-36)55-22-42-13-8-14-50(42)19-25(43)17-42)49-20-26-10-11-27(21-49)51(26)40(54)57-23(3)56-38(53)41(4,5)7-2/h1,9,12,15-16,18,23,25-27,52H,7-8,10-11,13-14,17,19-22H2,2-5H3/t23?,25-,26?,27?,42+/m1/s1. The zero-order valence-electron chi connectivity index (χ0n) is 32.4. The number of pyridine rings is 1. The summed E-state index contributed by atoms with van der Waals surface area (Å²) in [7, 11) is 0. The molecule has 4 aliphatic rings. The molecule has 0 aliphatic carbocycles. The topological polar surface area (TPSA) is 130 Å². The second kappa shape index (κ2) is 14.5. The molecular weight excluding hydrogens is 741 g/mol. The lowest BCUT2D eigenvalue weighted by atomic mass is 9.91. The first-order valence-electron chi connectivity index (χ1n) is 19.5. The average Bonchev–Trinajstić information content (AvgIpc) is 3.80. The van der Waals surface area contributed by atoms with Crippen molar-refractivity contribution < 1.29 is 42.1 Å². The van der Waals surface area contributed by atoms with Gasteiger partial charge in [-0.3, -0.25) is 19.6 Å². The average molecular weight is 787 g/mol. The normalized spacial score (nSPS) is 23.8. The highest BCUT2D eigenvalue weighted by Gasteiger charge is 2.50. The van der Waals surface area contributed by atoms with Gasteiger partial charge < -0.3 is 24.2 Å². The van der Waals surface area contributed by atoms with Crippen LogP contribution in [0.2, 0.25) is 0 Å². The Balaban J connectivity index is 1.15. The number of esters is 1.